The first-order valence-corrected chi connectivity index (χ1v) is 7.86. The first-order valence-electron chi connectivity index (χ1n) is 7.86. The first kappa shape index (κ1) is 17.1. The summed E-state index contributed by atoms with van der Waals surface area (Å²) in [5, 5.41) is 2.83. The van der Waals surface area contributed by atoms with Gasteiger partial charge in [0.1, 0.15) is 5.41 Å². The van der Waals surface area contributed by atoms with Crippen LogP contribution in [0.3, 0.4) is 0 Å². The second kappa shape index (κ2) is 6.89. The van der Waals surface area contributed by atoms with Crippen molar-refractivity contribution in [3.63, 3.8) is 0 Å². The van der Waals surface area contributed by atoms with Gasteiger partial charge in [-0.25, -0.2) is 0 Å². The third-order valence-electron chi connectivity index (χ3n) is 4.04. The second-order valence-corrected chi connectivity index (χ2v) is 5.97. The quantitative estimate of drug-likeness (QED) is 0.813. The monoisotopic (exact) mass is 320 g/mol. The van der Waals surface area contributed by atoms with E-state index in [2.05, 4.69) is 5.32 Å². The number of benzene rings is 1. The van der Waals surface area contributed by atoms with Gasteiger partial charge in [-0.3, -0.25) is 9.59 Å². The van der Waals surface area contributed by atoms with Crippen molar-refractivity contribution >= 4 is 11.8 Å². The summed E-state index contributed by atoms with van der Waals surface area (Å²) in [6.45, 7) is 8.86. The number of hydrogen-bond acceptors (Lipinski definition) is 4. The number of ether oxygens (including phenoxy) is 2. The molecule has 2 rings (SSSR count). The van der Waals surface area contributed by atoms with Crippen LogP contribution in [0.15, 0.2) is 18.2 Å². The van der Waals surface area contributed by atoms with Crippen LogP contribution in [0.4, 0.5) is 0 Å². The Bertz CT molecular complexity index is 594. The molecule has 0 saturated carbocycles. The molecule has 0 fully saturated rings. The van der Waals surface area contributed by atoms with Crippen LogP contribution in [0, 0.1) is 5.41 Å². The Balaban J connectivity index is 1.99. The SMILES string of the molecule is CCN(CC)C(=O)C(C)(C)C(=O)NCc1ccc2c(c1)OCO2. The van der Waals surface area contributed by atoms with Crippen molar-refractivity contribution < 1.29 is 19.1 Å². The Hall–Kier alpha value is -2.24. The lowest BCUT2D eigenvalue weighted by molar-refractivity contribution is -0.148. The molecule has 6 heteroatoms. The average Bonchev–Trinajstić information content (AvgIpc) is 3.01. The van der Waals surface area contributed by atoms with E-state index in [1.165, 1.54) is 0 Å². The molecule has 0 aliphatic carbocycles. The topological polar surface area (TPSA) is 67.9 Å². The summed E-state index contributed by atoms with van der Waals surface area (Å²) in [6, 6.07) is 5.52. The molecule has 1 aromatic carbocycles. The van der Waals surface area contributed by atoms with Gasteiger partial charge in [0.2, 0.25) is 18.6 Å². The number of fused-ring (bicyclic) bond motifs is 1. The molecule has 1 aliphatic rings. The molecule has 0 spiro atoms. The second-order valence-electron chi connectivity index (χ2n) is 5.97. The van der Waals surface area contributed by atoms with E-state index in [1.807, 2.05) is 32.0 Å². The average molecular weight is 320 g/mol. The van der Waals surface area contributed by atoms with Gasteiger partial charge in [-0.15, -0.1) is 0 Å². The summed E-state index contributed by atoms with van der Waals surface area (Å²) >= 11 is 0. The Labute approximate surface area is 136 Å². The Kier molecular flexibility index (Phi) is 5.13. The van der Waals surface area contributed by atoms with Crippen LogP contribution in [0.2, 0.25) is 0 Å². The molecule has 0 saturated heterocycles. The Morgan fingerprint density at radius 1 is 1.17 bits per heavy atom. The molecular weight excluding hydrogens is 296 g/mol. The molecule has 0 atom stereocenters. The molecule has 23 heavy (non-hydrogen) atoms. The van der Waals surface area contributed by atoms with Crippen LogP contribution in [0.25, 0.3) is 0 Å². The predicted molar refractivity (Wildman–Crippen MR) is 86.1 cm³/mol. The van der Waals surface area contributed by atoms with Crippen molar-refractivity contribution in [3.05, 3.63) is 23.8 Å². The fourth-order valence-electron chi connectivity index (χ4n) is 2.46. The van der Waals surface area contributed by atoms with E-state index in [0.717, 1.165) is 5.56 Å². The predicted octanol–water partition coefficient (Wildman–Crippen LogP) is 1.93. The first-order chi connectivity index (χ1) is 10.9. The molecule has 0 aromatic heterocycles. The smallest absolute Gasteiger partial charge is 0.237 e. The molecule has 0 radical (unpaired) electrons. The van der Waals surface area contributed by atoms with E-state index in [1.54, 1.807) is 18.7 Å². The van der Waals surface area contributed by atoms with Gasteiger partial charge in [-0.2, -0.15) is 0 Å². The lowest BCUT2D eigenvalue weighted by Gasteiger charge is -2.29. The minimum absolute atomic E-state index is 0.161. The number of nitrogens with one attached hydrogen (secondary N) is 1. The minimum atomic E-state index is -1.09. The largest absolute Gasteiger partial charge is 0.454 e. The lowest BCUT2D eigenvalue weighted by Crippen LogP contribution is -2.49. The van der Waals surface area contributed by atoms with Gasteiger partial charge < -0.3 is 19.7 Å². The van der Waals surface area contributed by atoms with Crippen LogP contribution < -0.4 is 14.8 Å². The summed E-state index contributed by atoms with van der Waals surface area (Å²) in [5.41, 5.74) is -0.198. The van der Waals surface area contributed by atoms with Crippen LogP contribution in [0.5, 0.6) is 11.5 Å². The third kappa shape index (κ3) is 3.57. The van der Waals surface area contributed by atoms with Crippen LogP contribution in [0.1, 0.15) is 33.3 Å². The molecule has 2 amide bonds. The highest BCUT2D eigenvalue weighted by atomic mass is 16.7. The van der Waals surface area contributed by atoms with Gasteiger partial charge in [0, 0.05) is 19.6 Å². The van der Waals surface area contributed by atoms with E-state index >= 15 is 0 Å². The van der Waals surface area contributed by atoms with E-state index in [0.29, 0.717) is 31.1 Å². The lowest BCUT2D eigenvalue weighted by atomic mass is 9.90. The van der Waals surface area contributed by atoms with Gasteiger partial charge in [0.15, 0.2) is 11.5 Å². The third-order valence-corrected chi connectivity index (χ3v) is 4.04. The zero-order chi connectivity index (χ0) is 17.0. The molecular formula is C17H24N2O4. The summed E-state index contributed by atoms with van der Waals surface area (Å²) in [6.07, 6.45) is 0. The van der Waals surface area contributed by atoms with E-state index in [9.17, 15) is 9.59 Å². The van der Waals surface area contributed by atoms with Gasteiger partial charge in [-0.1, -0.05) is 6.07 Å². The standard InChI is InChI=1S/C17H24N2O4/c1-5-19(6-2)16(21)17(3,4)15(20)18-10-12-7-8-13-14(9-12)23-11-22-13/h7-9H,5-6,10-11H2,1-4H3,(H,18,20). The van der Waals surface area contributed by atoms with Crippen molar-refractivity contribution in [2.75, 3.05) is 19.9 Å². The fourth-order valence-corrected chi connectivity index (χ4v) is 2.46. The number of rotatable bonds is 6. The van der Waals surface area contributed by atoms with Gasteiger partial charge in [-0.05, 0) is 45.4 Å². The summed E-state index contributed by atoms with van der Waals surface area (Å²) in [5.74, 6) is 0.935. The van der Waals surface area contributed by atoms with Crippen molar-refractivity contribution in [2.45, 2.75) is 34.2 Å². The molecule has 126 valence electrons. The maximum Gasteiger partial charge on any atom is 0.237 e. The van der Waals surface area contributed by atoms with Gasteiger partial charge in [0.05, 0.1) is 0 Å². The van der Waals surface area contributed by atoms with Crippen molar-refractivity contribution in [1.29, 1.82) is 0 Å². The van der Waals surface area contributed by atoms with Crippen LogP contribution in [-0.2, 0) is 16.1 Å². The van der Waals surface area contributed by atoms with E-state index < -0.39 is 5.41 Å². The zero-order valence-electron chi connectivity index (χ0n) is 14.1. The van der Waals surface area contributed by atoms with Crippen molar-refractivity contribution in [1.82, 2.24) is 10.2 Å². The molecule has 0 unspecified atom stereocenters. The highest BCUT2D eigenvalue weighted by Crippen LogP contribution is 2.32. The van der Waals surface area contributed by atoms with Gasteiger partial charge >= 0.3 is 0 Å². The van der Waals surface area contributed by atoms with Crippen molar-refractivity contribution in [2.24, 2.45) is 5.41 Å². The molecule has 1 aromatic rings. The normalized spacial score (nSPS) is 12.9. The Morgan fingerprint density at radius 3 is 2.48 bits per heavy atom. The molecule has 1 aliphatic heterocycles. The molecule has 1 heterocycles. The summed E-state index contributed by atoms with van der Waals surface area (Å²) in [4.78, 5) is 26.6. The van der Waals surface area contributed by atoms with E-state index in [4.69, 9.17) is 9.47 Å². The Morgan fingerprint density at radius 2 is 1.83 bits per heavy atom. The zero-order valence-corrected chi connectivity index (χ0v) is 14.1. The number of nitrogens with zero attached hydrogens (tertiary/aromatic N) is 1. The van der Waals surface area contributed by atoms with Crippen LogP contribution >= 0.6 is 0 Å². The van der Waals surface area contributed by atoms with Crippen molar-refractivity contribution in [3.8, 4) is 11.5 Å². The molecule has 6 nitrogen and oxygen atoms in total. The highest BCUT2D eigenvalue weighted by molar-refractivity contribution is 6.04. The maximum atomic E-state index is 12.5. The van der Waals surface area contributed by atoms with Crippen LogP contribution in [-0.4, -0.2) is 36.6 Å². The number of carbonyl (C=O) groups is 2. The molecule has 0 bridgehead atoms. The number of carbonyl (C=O) groups excluding carboxylic acids is 2. The maximum absolute atomic E-state index is 12.5. The minimum Gasteiger partial charge on any atom is -0.454 e. The fraction of sp³-hybridized carbons (Fsp3) is 0.529. The molecule has 1 N–H and O–H groups in total. The summed E-state index contributed by atoms with van der Waals surface area (Å²) < 4.78 is 10.6. The van der Waals surface area contributed by atoms with Gasteiger partial charge in [0.25, 0.3) is 0 Å². The number of hydrogen-bond donors (Lipinski definition) is 1. The summed E-state index contributed by atoms with van der Waals surface area (Å²) in [7, 11) is 0. The highest BCUT2D eigenvalue weighted by Gasteiger charge is 2.38. The number of amides is 2. The van der Waals surface area contributed by atoms with E-state index in [-0.39, 0.29) is 18.6 Å².